The van der Waals surface area contributed by atoms with Crippen LogP contribution in [0.2, 0.25) is 0 Å². The highest BCUT2D eigenvalue weighted by Gasteiger charge is 2.20. The molecular formula is C14H15FN2O3. The lowest BCUT2D eigenvalue weighted by molar-refractivity contribution is -0.384. The van der Waals surface area contributed by atoms with E-state index in [0.29, 0.717) is 18.7 Å². The Morgan fingerprint density at radius 1 is 1.20 bits per heavy atom. The highest BCUT2D eigenvalue weighted by molar-refractivity contribution is 5.95. The van der Waals surface area contributed by atoms with Crippen LogP contribution < -0.4 is 0 Å². The van der Waals surface area contributed by atoms with Gasteiger partial charge in [-0.25, -0.2) is 4.39 Å². The number of piperidine rings is 1. The predicted molar refractivity (Wildman–Crippen MR) is 72.6 cm³/mol. The van der Waals surface area contributed by atoms with Crippen molar-refractivity contribution in [3.8, 4) is 0 Å². The molecule has 0 radical (unpaired) electrons. The molecule has 0 N–H and O–H groups in total. The van der Waals surface area contributed by atoms with Gasteiger partial charge in [0.15, 0.2) is 5.83 Å². The molecule has 0 spiro atoms. The normalized spacial score (nSPS) is 16.1. The molecule has 0 aromatic heterocycles. The number of nitrogens with zero attached hydrogens (tertiary/aromatic N) is 2. The number of halogens is 1. The summed E-state index contributed by atoms with van der Waals surface area (Å²) in [5.41, 5.74) is 0.364. The largest absolute Gasteiger partial charge is 0.337 e. The SMILES string of the molecule is O=C(/C(F)=C/c1ccc([N+](=O)[O-])cc1)N1CCCCC1. The van der Waals surface area contributed by atoms with Gasteiger partial charge in [-0.15, -0.1) is 0 Å². The molecule has 1 aromatic rings. The van der Waals surface area contributed by atoms with Crippen molar-refractivity contribution in [3.63, 3.8) is 0 Å². The van der Waals surface area contributed by atoms with Crippen LogP contribution in [0.3, 0.4) is 0 Å². The van der Waals surface area contributed by atoms with Crippen molar-refractivity contribution < 1.29 is 14.1 Å². The molecule has 1 amide bonds. The number of carbonyl (C=O) groups is 1. The molecule has 0 saturated carbocycles. The van der Waals surface area contributed by atoms with Gasteiger partial charge in [0.2, 0.25) is 0 Å². The van der Waals surface area contributed by atoms with E-state index in [1.54, 1.807) is 0 Å². The molecule has 1 heterocycles. The second-order valence-corrected chi connectivity index (χ2v) is 4.69. The third-order valence-electron chi connectivity index (χ3n) is 3.24. The van der Waals surface area contributed by atoms with E-state index in [1.807, 2.05) is 0 Å². The zero-order valence-corrected chi connectivity index (χ0v) is 10.9. The summed E-state index contributed by atoms with van der Waals surface area (Å²) in [4.78, 5) is 23.3. The molecule has 106 valence electrons. The fourth-order valence-electron chi connectivity index (χ4n) is 2.15. The number of rotatable bonds is 3. The average Bonchev–Trinajstić information content (AvgIpc) is 2.48. The van der Waals surface area contributed by atoms with E-state index < -0.39 is 16.7 Å². The molecule has 1 aliphatic rings. The minimum Gasteiger partial charge on any atom is -0.337 e. The van der Waals surface area contributed by atoms with Gasteiger partial charge >= 0.3 is 0 Å². The van der Waals surface area contributed by atoms with Crippen LogP contribution in [-0.4, -0.2) is 28.8 Å². The summed E-state index contributed by atoms with van der Waals surface area (Å²) in [6.07, 6.45) is 3.98. The number of nitro groups is 1. The van der Waals surface area contributed by atoms with Crippen molar-refractivity contribution in [2.75, 3.05) is 13.1 Å². The van der Waals surface area contributed by atoms with Gasteiger partial charge in [0.25, 0.3) is 11.6 Å². The fraction of sp³-hybridized carbons (Fsp3) is 0.357. The molecule has 0 aliphatic carbocycles. The minimum atomic E-state index is -0.833. The fourth-order valence-corrected chi connectivity index (χ4v) is 2.15. The summed E-state index contributed by atoms with van der Waals surface area (Å²) in [6.45, 7) is 1.17. The van der Waals surface area contributed by atoms with E-state index in [2.05, 4.69) is 0 Å². The highest BCUT2D eigenvalue weighted by atomic mass is 19.1. The van der Waals surface area contributed by atoms with E-state index >= 15 is 0 Å². The Morgan fingerprint density at radius 3 is 2.35 bits per heavy atom. The van der Waals surface area contributed by atoms with Gasteiger partial charge in [-0.1, -0.05) is 0 Å². The van der Waals surface area contributed by atoms with Crippen LogP contribution in [0.25, 0.3) is 6.08 Å². The average molecular weight is 278 g/mol. The molecule has 6 heteroatoms. The van der Waals surface area contributed by atoms with Gasteiger partial charge in [-0.3, -0.25) is 14.9 Å². The summed E-state index contributed by atoms with van der Waals surface area (Å²) in [6, 6.07) is 5.40. The molecule has 0 atom stereocenters. The molecule has 20 heavy (non-hydrogen) atoms. The number of carbonyl (C=O) groups excluding carboxylic acids is 1. The van der Waals surface area contributed by atoms with Crippen LogP contribution in [0.4, 0.5) is 10.1 Å². The lowest BCUT2D eigenvalue weighted by Gasteiger charge is -2.25. The van der Waals surface area contributed by atoms with Crippen LogP contribution in [0.5, 0.6) is 0 Å². The first-order chi connectivity index (χ1) is 9.58. The summed E-state index contributed by atoms with van der Waals surface area (Å²) < 4.78 is 13.9. The van der Waals surface area contributed by atoms with E-state index in [-0.39, 0.29) is 5.69 Å². The Labute approximate surface area is 115 Å². The lowest BCUT2D eigenvalue weighted by atomic mass is 10.1. The van der Waals surface area contributed by atoms with E-state index in [9.17, 15) is 19.3 Å². The topological polar surface area (TPSA) is 63.4 Å². The van der Waals surface area contributed by atoms with Crippen LogP contribution >= 0.6 is 0 Å². The predicted octanol–water partition coefficient (Wildman–Crippen LogP) is 2.92. The Hall–Kier alpha value is -2.24. The lowest BCUT2D eigenvalue weighted by Crippen LogP contribution is -2.35. The molecule has 0 bridgehead atoms. The van der Waals surface area contributed by atoms with Crippen LogP contribution in [0.15, 0.2) is 30.1 Å². The van der Waals surface area contributed by atoms with Gasteiger partial charge in [-0.05, 0) is 43.0 Å². The Balaban J connectivity index is 2.08. The summed E-state index contributed by atoms with van der Waals surface area (Å²) in [7, 11) is 0. The third kappa shape index (κ3) is 3.40. The molecule has 1 aromatic carbocycles. The molecular weight excluding hydrogens is 263 g/mol. The van der Waals surface area contributed by atoms with Crippen LogP contribution in [0.1, 0.15) is 24.8 Å². The number of benzene rings is 1. The second kappa shape index (κ2) is 6.27. The maximum atomic E-state index is 13.9. The summed E-state index contributed by atoms with van der Waals surface area (Å²) in [5.74, 6) is -1.44. The Bertz CT molecular complexity index is 534. The Morgan fingerprint density at radius 2 is 1.80 bits per heavy atom. The van der Waals surface area contributed by atoms with E-state index in [1.165, 1.54) is 29.2 Å². The summed E-state index contributed by atoms with van der Waals surface area (Å²) in [5, 5.41) is 10.5. The van der Waals surface area contributed by atoms with Gasteiger partial charge in [0.1, 0.15) is 0 Å². The van der Waals surface area contributed by atoms with Crippen molar-refractivity contribution >= 4 is 17.7 Å². The minimum absolute atomic E-state index is 0.0649. The zero-order valence-electron chi connectivity index (χ0n) is 10.9. The van der Waals surface area contributed by atoms with Crippen molar-refractivity contribution in [3.05, 3.63) is 45.8 Å². The third-order valence-corrected chi connectivity index (χ3v) is 3.24. The molecule has 5 nitrogen and oxygen atoms in total. The standard InChI is InChI=1S/C14H15FN2O3/c15-13(14(18)16-8-2-1-3-9-16)10-11-4-6-12(7-5-11)17(19)20/h4-7,10H,1-3,8-9H2/b13-10-. The monoisotopic (exact) mass is 278 g/mol. The van der Waals surface area contributed by atoms with Crippen LogP contribution in [0, 0.1) is 10.1 Å². The van der Waals surface area contributed by atoms with Gasteiger partial charge < -0.3 is 4.90 Å². The smallest absolute Gasteiger partial charge is 0.282 e. The van der Waals surface area contributed by atoms with Crippen LogP contribution in [-0.2, 0) is 4.79 Å². The van der Waals surface area contributed by atoms with Crippen molar-refractivity contribution in [2.24, 2.45) is 0 Å². The second-order valence-electron chi connectivity index (χ2n) is 4.69. The number of hydrogen-bond acceptors (Lipinski definition) is 3. The first-order valence-corrected chi connectivity index (χ1v) is 6.49. The maximum absolute atomic E-state index is 13.9. The van der Waals surface area contributed by atoms with Gasteiger partial charge in [0.05, 0.1) is 4.92 Å². The highest BCUT2D eigenvalue weighted by Crippen LogP contribution is 2.17. The molecule has 0 unspecified atom stereocenters. The van der Waals surface area contributed by atoms with Crippen molar-refractivity contribution in [1.29, 1.82) is 0 Å². The number of likely N-dealkylation sites (tertiary alicyclic amines) is 1. The number of hydrogen-bond donors (Lipinski definition) is 0. The zero-order chi connectivity index (χ0) is 14.5. The number of nitro benzene ring substituents is 1. The first-order valence-electron chi connectivity index (χ1n) is 6.49. The van der Waals surface area contributed by atoms with Crippen molar-refractivity contribution in [2.45, 2.75) is 19.3 Å². The van der Waals surface area contributed by atoms with E-state index in [4.69, 9.17) is 0 Å². The number of amides is 1. The molecule has 1 fully saturated rings. The molecule has 2 rings (SSSR count). The molecule has 1 saturated heterocycles. The van der Waals surface area contributed by atoms with Gasteiger partial charge in [0, 0.05) is 25.2 Å². The maximum Gasteiger partial charge on any atom is 0.282 e. The summed E-state index contributed by atoms with van der Waals surface area (Å²) >= 11 is 0. The van der Waals surface area contributed by atoms with E-state index in [0.717, 1.165) is 25.3 Å². The first kappa shape index (κ1) is 14.2. The van der Waals surface area contributed by atoms with Gasteiger partial charge in [-0.2, -0.15) is 0 Å². The van der Waals surface area contributed by atoms with Crippen molar-refractivity contribution in [1.82, 2.24) is 4.90 Å². The number of non-ortho nitro benzene ring substituents is 1. The molecule has 1 aliphatic heterocycles. The quantitative estimate of drug-likeness (QED) is 0.485. The Kier molecular flexibility index (Phi) is 4.45.